The first-order valence-corrected chi connectivity index (χ1v) is 5.68. The monoisotopic (exact) mass is 277 g/mol. The third kappa shape index (κ3) is 4.43. The number of nitrogens with two attached hydrogens (primary N) is 1. The number of nitrogens with zero attached hydrogens (tertiary/aromatic N) is 2. The fourth-order valence-corrected chi connectivity index (χ4v) is 2.12. The van der Waals surface area contributed by atoms with Gasteiger partial charge < -0.3 is 5.73 Å². The van der Waals surface area contributed by atoms with Crippen LogP contribution in [0.1, 0.15) is 31.5 Å². The average Bonchev–Trinajstić information content (AvgIpc) is 2.30. The van der Waals surface area contributed by atoms with Crippen molar-refractivity contribution in [3.63, 3.8) is 0 Å². The molecular formula is C12H21Cl2N3. The number of halogens is 2. The lowest BCUT2D eigenvalue weighted by molar-refractivity contribution is 0.161. The van der Waals surface area contributed by atoms with Gasteiger partial charge in [-0.25, -0.2) is 0 Å². The van der Waals surface area contributed by atoms with Crippen molar-refractivity contribution >= 4 is 24.8 Å². The largest absolute Gasteiger partial charge is 0.328 e. The Morgan fingerprint density at radius 3 is 2.47 bits per heavy atom. The van der Waals surface area contributed by atoms with Gasteiger partial charge in [0.15, 0.2) is 0 Å². The molecule has 0 spiro atoms. The molecule has 0 amide bonds. The second-order valence-corrected chi connectivity index (χ2v) is 4.30. The fraction of sp³-hybridized carbons (Fsp3) is 0.583. The lowest BCUT2D eigenvalue weighted by atomic mass is 10.0. The van der Waals surface area contributed by atoms with Crippen LogP contribution in [0.5, 0.6) is 0 Å². The Morgan fingerprint density at radius 2 is 1.94 bits per heavy atom. The predicted octanol–water partition coefficient (Wildman–Crippen LogP) is 2.41. The Hall–Kier alpha value is -0.350. The Morgan fingerprint density at radius 1 is 1.29 bits per heavy atom. The maximum Gasteiger partial charge on any atom is 0.0572 e. The van der Waals surface area contributed by atoms with Crippen molar-refractivity contribution in [2.45, 2.75) is 31.8 Å². The number of pyridine rings is 1. The average molecular weight is 278 g/mol. The molecule has 2 rings (SSSR count). The molecule has 1 atom stereocenters. The van der Waals surface area contributed by atoms with Crippen LogP contribution in [-0.2, 0) is 0 Å². The van der Waals surface area contributed by atoms with E-state index in [0.717, 1.165) is 31.6 Å². The summed E-state index contributed by atoms with van der Waals surface area (Å²) in [6.07, 6.45) is 4.08. The Bertz CT molecular complexity index is 300. The van der Waals surface area contributed by atoms with E-state index in [1.807, 2.05) is 12.3 Å². The summed E-state index contributed by atoms with van der Waals surface area (Å²) >= 11 is 0. The van der Waals surface area contributed by atoms with Crippen molar-refractivity contribution in [3.8, 4) is 0 Å². The first kappa shape index (κ1) is 16.6. The van der Waals surface area contributed by atoms with E-state index in [2.05, 4.69) is 28.9 Å². The van der Waals surface area contributed by atoms with Gasteiger partial charge in [0.05, 0.1) is 5.69 Å². The van der Waals surface area contributed by atoms with Crippen molar-refractivity contribution in [2.24, 2.45) is 5.73 Å². The molecule has 0 bridgehead atoms. The van der Waals surface area contributed by atoms with Gasteiger partial charge in [-0.2, -0.15) is 0 Å². The SMILES string of the molecule is CC(c1ccccn1)N1CCC(N)CC1.Cl.Cl. The molecule has 17 heavy (non-hydrogen) atoms. The second kappa shape index (κ2) is 7.88. The van der Waals surface area contributed by atoms with E-state index in [1.54, 1.807) is 0 Å². The topological polar surface area (TPSA) is 42.2 Å². The Labute approximate surface area is 116 Å². The second-order valence-electron chi connectivity index (χ2n) is 4.30. The zero-order valence-corrected chi connectivity index (χ0v) is 11.7. The first-order chi connectivity index (χ1) is 7.27. The smallest absolute Gasteiger partial charge is 0.0572 e. The van der Waals surface area contributed by atoms with Crippen molar-refractivity contribution in [2.75, 3.05) is 13.1 Å². The molecule has 3 nitrogen and oxygen atoms in total. The van der Waals surface area contributed by atoms with Crippen molar-refractivity contribution < 1.29 is 0 Å². The number of rotatable bonds is 2. The fourth-order valence-electron chi connectivity index (χ4n) is 2.12. The minimum absolute atomic E-state index is 0. The molecule has 2 N–H and O–H groups in total. The summed E-state index contributed by atoms with van der Waals surface area (Å²) in [6, 6.07) is 6.92. The molecule has 1 saturated heterocycles. The van der Waals surface area contributed by atoms with Gasteiger partial charge >= 0.3 is 0 Å². The zero-order chi connectivity index (χ0) is 10.7. The van der Waals surface area contributed by atoms with Crippen LogP contribution >= 0.6 is 24.8 Å². The summed E-state index contributed by atoms with van der Waals surface area (Å²) in [7, 11) is 0. The molecular weight excluding hydrogens is 257 g/mol. The lowest BCUT2D eigenvalue weighted by Gasteiger charge is -2.34. The van der Waals surface area contributed by atoms with Crippen LogP contribution < -0.4 is 5.73 Å². The lowest BCUT2D eigenvalue weighted by Crippen LogP contribution is -2.40. The van der Waals surface area contributed by atoms with E-state index >= 15 is 0 Å². The molecule has 1 fully saturated rings. The van der Waals surface area contributed by atoms with Crippen LogP contribution in [0.25, 0.3) is 0 Å². The van der Waals surface area contributed by atoms with E-state index in [0.29, 0.717) is 12.1 Å². The van der Waals surface area contributed by atoms with Crippen LogP contribution in [-0.4, -0.2) is 29.0 Å². The van der Waals surface area contributed by atoms with E-state index in [9.17, 15) is 0 Å². The van der Waals surface area contributed by atoms with Gasteiger partial charge in [-0.3, -0.25) is 9.88 Å². The van der Waals surface area contributed by atoms with Gasteiger partial charge in [0.2, 0.25) is 0 Å². The normalized spacial score (nSPS) is 18.9. The summed E-state index contributed by atoms with van der Waals surface area (Å²) < 4.78 is 0. The first-order valence-electron chi connectivity index (χ1n) is 5.68. The van der Waals surface area contributed by atoms with Crippen LogP contribution in [0.15, 0.2) is 24.4 Å². The van der Waals surface area contributed by atoms with Crippen LogP contribution in [0.3, 0.4) is 0 Å². The van der Waals surface area contributed by atoms with Gasteiger partial charge in [-0.05, 0) is 31.9 Å². The van der Waals surface area contributed by atoms with E-state index in [-0.39, 0.29) is 24.8 Å². The highest BCUT2D eigenvalue weighted by Gasteiger charge is 2.21. The molecule has 1 aliphatic heterocycles. The van der Waals surface area contributed by atoms with E-state index < -0.39 is 0 Å². The molecule has 5 heteroatoms. The van der Waals surface area contributed by atoms with Crippen LogP contribution in [0.4, 0.5) is 0 Å². The zero-order valence-electron chi connectivity index (χ0n) is 10.1. The third-order valence-corrected chi connectivity index (χ3v) is 3.24. The molecule has 98 valence electrons. The summed E-state index contributed by atoms with van der Waals surface area (Å²) in [5.74, 6) is 0. The molecule has 1 aromatic rings. The summed E-state index contributed by atoms with van der Waals surface area (Å²) in [4.78, 5) is 6.86. The molecule has 0 saturated carbocycles. The standard InChI is InChI=1S/C12H19N3.2ClH/c1-10(12-4-2-3-7-14-12)15-8-5-11(13)6-9-15;;/h2-4,7,10-11H,5-6,8-9,13H2,1H3;2*1H. The molecule has 1 aromatic heterocycles. The Balaban J connectivity index is 0.00000128. The van der Waals surface area contributed by atoms with E-state index in [1.165, 1.54) is 0 Å². The van der Waals surface area contributed by atoms with Crippen molar-refractivity contribution in [1.82, 2.24) is 9.88 Å². The molecule has 1 aliphatic rings. The van der Waals surface area contributed by atoms with Gasteiger partial charge in [0, 0.05) is 31.4 Å². The highest BCUT2D eigenvalue weighted by Crippen LogP contribution is 2.21. The molecule has 2 heterocycles. The van der Waals surface area contributed by atoms with Crippen LogP contribution in [0, 0.1) is 0 Å². The summed E-state index contributed by atoms with van der Waals surface area (Å²) in [6.45, 7) is 4.41. The number of hydrogen-bond acceptors (Lipinski definition) is 3. The van der Waals surface area contributed by atoms with Gasteiger partial charge in [-0.1, -0.05) is 6.07 Å². The summed E-state index contributed by atoms with van der Waals surface area (Å²) in [5.41, 5.74) is 7.05. The van der Waals surface area contributed by atoms with Crippen LogP contribution in [0.2, 0.25) is 0 Å². The van der Waals surface area contributed by atoms with Crippen molar-refractivity contribution in [1.29, 1.82) is 0 Å². The maximum atomic E-state index is 5.89. The highest BCUT2D eigenvalue weighted by molar-refractivity contribution is 5.85. The number of aromatic nitrogens is 1. The van der Waals surface area contributed by atoms with Gasteiger partial charge in [-0.15, -0.1) is 24.8 Å². The van der Waals surface area contributed by atoms with Crippen molar-refractivity contribution in [3.05, 3.63) is 30.1 Å². The molecule has 0 aromatic carbocycles. The minimum Gasteiger partial charge on any atom is -0.328 e. The van der Waals surface area contributed by atoms with Gasteiger partial charge in [0.1, 0.15) is 0 Å². The molecule has 1 unspecified atom stereocenters. The maximum absolute atomic E-state index is 5.89. The Kier molecular flexibility index (Phi) is 7.71. The minimum atomic E-state index is 0. The van der Waals surface area contributed by atoms with E-state index in [4.69, 9.17) is 5.73 Å². The number of hydrogen-bond donors (Lipinski definition) is 1. The van der Waals surface area contributed by atoms with Gasteiger partial charge in [0.25, 0.3) is 0 Å². The number of piperidine rings is 1. The quantitative estimate of drug-likeness (QED) is 0.903. The summed E-state index contributed by atoms with van der Waals surface area (Å²) in [5, 5.41) is 0. The third-order valence-electron chi connectivity index (χ3n) is 3.24. The molecule has 0 radical (unpaired) electrons. The number of likely N-dealkylation sites (tertiary alicyclic amines) is 1. The molecule has 0 aliphatic carbocycles. The highest BCUT2D eigenvalue weighted by atomic mass is 35.5. The predicted molar refractivity (Wildman–Crippen MR) is 75.9 cm³/mol.